The number of hydrogen-bond acceptors (Lipinski definition) is 5. The molecule has 1 unspecified atom stereocenters. The van der Waals surface area contributed by atoms with Gasteiger partial charge in [0.1, 0.15) is 11.6 Å². The largest absolute Gasteiger partial charge is 0.296 e. The van der Waals surface area contributed by atoms with Crippen molar-refractivity contribution in [1.29, 1.82) is 0 Å². The first-order valence-electron chi connectivity index (χ1n) is 5.79. The topological polar surface area (TPSA) is 80.2 Å². The highest BCUT2D eigenvalue weighted by Crippen LogP contribution is 2.25. The molecular weight excluding hydrogens is 290 g/mol. The summed E-state index contributed by atoms with van der Waals surface area (Å²) < 4.78 is 22.1. The maximum atomic E-state index is 11.9. The predicted molar refractivity (Wildman–Crippen MR) is 71.6 cm³/mol. The van der Waals surface area contributed by atoms with Crippen LogP contribution in [0, 0.1) is 19.8 Å². The van der Waals surface area contributed by atoms with Crippen molar-refractivity contribution < 1.29 is 13.2 Å². The van der Waals surface area contributed by atoms with E-state index in [-0.39, 0.29) is 24.0 Å². The minimum atomic E-state index is -3.59. The van der Waals surface area contributed by atoms with Gasteiger partial charge in [0.2, 0.25) is 15.0 Å². The molecule has 0 radical (unpaired) electrons. The Morgan fingerprint density at radius 3 is 2.68 bits per heavy atom. The molecule has 0 saturated carbocycles. The van der Waals surface area contributed by atoms with E-state index in [0.717, 1.165) is 5.69 Å². The van der Waals surface area contributed by atoms with Crippen LogP contribution in [0.15, 0.2) is 6.07 Å². The zero-order valence-electron chi connectivity index (χ0n) is 10.6. The SMILES string of the molecule is Cc1cc(N2CC(CS(=O)(=O)Cl)CC2=O)nc(C)n1. The molecule has 0 N–H and O–H groups in total. The first kappa shape index (κ1) is 14.2. The number of aromatic nitrogens is 2. The summed E-state index contributed by atoms with van der Waals surface area (Å²) in [4.78, 5) is 21.8. The lowest BCUT2D eigenvalue weighted by Crippen LogP contribution is -2.26. The summed E-state index contributed by atoms with van der Waals surface area (Å²) in [5.74, 6) is 0.480. The van der Waals surface area contributed by atoms with Crippen LogP contribution in [0.2, 0.25) is 0 Å². The minimum Gasteiger partial charge on any atom is -0.296 e. The van der Waals surface area contributed by atoms with Crippen LogP contribution in [0.25, 0.3) is 0 Å². The average molecular weight is 304 g/mol. The smallest absolute Gasteiger partial charge is 0.232 e. The first-order valence-corrected chi connectivity index (χ1v) is 8.27. The summed E-state index contributed by atoms with van der Waals surface area (Å²) in [5.41, 5.74) is 0.767. The molecule has 8 heteroatoms. The number of carbonyl (C=O) groups is 1. The van der Waals surface area contributed by atoms with E-state index in [4.69, 9.17) is 10.7 Å². The molecule has 6 nitrogen and oxygen atoms in total. The van der Waals surface area contributed by atoms with E-state index in [1.165, 1.54) is 4.90 Å². The van der Waals surface area contributed by atoms with Gasteiger partial charge in [-0.1, -0.05) is 0 Å². The molecule has 0 aliphatic carbocycles. The maximum Gasteiger partial charge on any atom is 0.232 e. The Morgan fingerprint density at radius 1 is 1.42 bits per heavy atom. The van der Waals surface area contributed by atoms with E-state index in [1.807, 2.05) is 6.92 Å². The predicted octanol–water partition coefficient (Wildman–Crippen LogP) is 1.01. The van der Waals surface area contributed by atoms with Gasteiger partial charge in [-0.2, -0.15) is 0 Å². The summed E-state index contributed by atoms with van der Waals surface area (Å²) in [5, 5.41) is 0. The molecule has 1 aliphatic rings. The van der Waals surface area contributed by atoms with Gasteiger partial charge in [-0.05, 0) is 13.8 Å². The van der Waals surface area contributed by atoms with Crippen LogP contribution in [0.1, 0.15) is 17.9 Å². The van der Waals surface area contributed by atoms with E-state index in [2.05, 4.69) is 9.97 Å². The molecule has 0 spiro atoms. The van der Waals surface area contributed by atoms with E-state index >= 15 is 0 Å². The van der Waals surface area contributed by atoms with E-state index in [0.29, 0.717) is 18.2 Å². The third-order valence-electron chi connectivity index (χ3n) is 2.87. The van der Waals surface area contributed by atoms with Gasteiger partial charge in [-0.3, -0.25) is 9.69 Å². The summed E-state index contributed by atoms with van der Waals surface area (Å²) in [6.07, 6.45) is 0.175. The van der Waals surface area contributed by atoms with Crippen molar-refractivity contribution >= 4 is 31.5 Å². The highest BCUT2D eigenvalue weighted by molar-refractivity contribution is 8.13. The van der Waals surface area contributed by atoms with Gasteiger partial charge in [-0.15, -0.1) is 0 Å². The summed E-state index contributed by atoms with van der Waals surface area (Å²) >= 11 is 0. The first-order chi connectivity index (χ1) is 8.74. The Hall–Kier alpha value is -1.21. The zero-order chi connectivity index (χ0) is 14.2. The molecule has 2 heterocycles. The lowest BCUT2D eigenvalue weighted by molar-refractivity contribution is -0.117. The van der Waals surface area contributed by atoms with Crippen molar-refractivity contribution in [3.05, 3.63) is 17.6 Å². The minimum absolute atomic E-state index is 0.136. The molecule has 1 fully saturated rings. The standard InChI is InChI=1S/C11H14ClN3O3S/c1-7-3-10(14-8(2)13-7)15-5-9(4-11(15)16)6-19(12,17)18/h3,9H,4-6H2,1-2H3. The third kappa shape index (κ3) is 3.63. The van der Waals surface area contributed by atoms with Gasteiger partial charge in [0.05, 0.1) is 5.75 Å². The Bertz CT molecular complexity index is 597. The van der Waals surface area contributed by atoms with E-state index in [1.54, 1.807) is 13.0 Å². The number of halogens is 1. The fourth-order valence-corrected chi connectivity index (χ4v) is 3.55. The number of nitrogens with zero attached hydrogens (tertiary/aromatic N) is 3. The lowest BCUT2D eigenvalue weighted by atomic mass is 10.1. The van der Waals surface area contributed by atoms with Crippen LogP contribution in [0.5, 0.6) is 0 Å². The lowest BCUT2D eigenvalue weighted by Gasteiger charge is -2.16. The maximum absolute atomic E-state index is 11.9. The van der Waals surface area contributed by atoms with Crippen LogP contribution in [0.3, 0.4) is 0 Å². The van der Waals surface area contributed by atoms with Crippen molar-refractivity contribution in [2.24, 2.45) is 5.92 Å². The number of rotatable bonds is 3. The van der Waals surface area contributed by atoms with E-state index < -0.39 is 9.05 Å². The molecule has 1 aromatic rings. The molecular formula is C11H14ClN3O3S. The molecule has 1 amide bonds. The summed E-state index contributed by atoms with van der Waals surface area (Å²) in [6.45, 7) is 3.89. The third-order valence-corrected chi connectivity index (χ3v) is 4.12. The molecule has 1 aliphatic heterocycles. The summed E-state index contributed by atoms with van der Waals surface area (Å²) in [6, 6.07) is 1.71. The number of carbonyl (C=O) groups excluding carboxylic acids is 1. The van der Waals surface area contributed by atoms with E-state index in [9.17, 15) is 13.2 Å². The quantitative estimate of drug-likeness (QED) is 0.779. The summed E-state index contributed by atoms with van der Waals surface area (Å²) in [7, 11) is 1.63. The van der Waals surface area contributed by atoms with Crippen molar-refractivity contribution in [2.45, 2.75) is 20.3 Å². The second-order valence-corrected chi connectivity index (χ2v) is 7.52. The van der Waals surface area contributed by atoms with Gasteiger partial charge in [0, 0.05) is 41.3 Å². The zero-order valence-corrected chi connectivity index (χ0v) is 12.2. The highest BCUT2D eigenvalue weighted by atomic mass is 35.7. The van der Waals surface area contributed by atoms with Crippen molar-refractivity contribution in [3.8, 4) is 0 Å². The molecule has 0 bridgehead atoms. The number of aryl methyl sites for hydroxylation is 2. The fourth-order valence-electron chi connectivity index (χ4n) is 2.23. The van der Waals surface area contributed by atoms with Crippen LogP contribution >= 0.6 is 10.7 Å². The van der Waals surface area contributed by atoms with Crippen LogP contribution in [0.4, 0.5) is 5.82 Å². The van der Waals surface area contributed by atoms with Gasteiger partial charge in [0.25, 0.3) is 0 Å². The molecule has 1 aromatic heterocycles. The molecule has 104 valence electrons. The molecule has 1 atom stereocenters. The second-order valence-electron chi connectivity index (χ2n) is 4.69. The van der Waals surface area contributed by atoms with Crippen LogP contribution in [-0.4, -0.2) is 36.6 Å². The van der Waals surface area contributed by atoms with Crippen LogP contribution in [-0.2, 0) is 13.8 Å². The molecule has 0 aromatic carbocycles. The normalized spacial score (nSPS) is 20.1. The van der Waals surface area contributed by atoms with Crippen molar-refractivity contribution in [1.82, 2.24) is 9.97 Å². The molecule has 2 rings (SSSR count). The van der Waals surface area contributed by atoms with Gasteiger partial charge in [0.15, 0.2) is 0 Å². The Balaban J connectivity index is 2.20. The van der Waals surface area contributed by atoms with Crippen LogP contribution < -0.4 is 4.90 Å². The Labute approximate surface area is 116 Å². The molecule has 19 heavy (non-hydrogen) atoms. The van der Waals surface area contributed by atoms with Gasteiger partial charge < -0.3 is 0 Å². The fraction of sp³-hybridized carbons (Fsp3) is 0.545. The molecule has 1 saturated heterocycles. The van der Waals surface area contributed by atoms with Crippen molar-refractivity contribution in [2.75, 3.05) is 17.2 Å². The number of anilines is 1. The number of hydrogen-bond donors (Lipinski definition) is 0. The highest BCUT2D eigenvalue weighted by Gasteiger charge is 2.33. The number of amides is 1. The average Bonchev–Trinajstić information content (AvgIpc) is 2.54. The monoisotopic (exact) mass is 303 g/mol. The van der Waals surface area contributed by atoms with Gasteiger partial charge in [-0.25, -0.2) is 18.4 Å². The Morgan fingerprint density at radius 2 is 2.11 bits per heavy atom. The van der Waals surface area contributed by atoms with Gasteiger partial charge >= 0.3 is 0 Å². The Kier molecular flexibility index (Phi) is 3.78. The van der Waals surface area contributed by atoms with Crippen molar-refractivity contribution in [3.63, 3.8) is 0 Å². The second kappa shape index (κ2) is 5.05.